The predicted octanol–water partition coefficient (Wildman–Crippen LogP) is 5.13. The van der Waals surface area contributed by atoms with Gasteiger partial charge >= 0.3 is 0 Å². The molecule has 1 aliphatic rings. The molecule has 0 radical (unpaired) electrons. The molecule has 0 saturated carbocycles. The number of amides is 1. The van der Waals surface area contributed by atoms with Crippen molar-refractivity contribution in [3.8, 4) is 5.69 Å². The van der Waals surface area contributed by atoms with Gasteiger partial charge in [-0.05, 0) is 72.3 Å². The molecule has 1 amide bonds. The molecule has 0 aliphatic carbocycles. The van der Waals surface area contributed by atoms with Crippen molar-refractivity contribution in [1.29, 1.82) is 0 Å². The number of hydrogen-bond donors (Lipinski definition) is 0. The van der Waals surface area contributed by atoms with Gasteiger partial charge in [-0.2, -0.15) is 5.10 Å². The van der Waals surface area contributed by atoms with Crippen molar-refractivity contribution >= 4 is 52.2 Å². The summed E-state index contributed by atoms with van der Waals surface area (Å²) in [6.07, 6.45) is 3.46. The van der Waals surface area contributed by atoms with Crippen LogP contribution in [0.15, 0.2) is 98.8 Å². The summed E-state index contributed by atoms with van der Waals surface area (Å²) in [5.41, 5.74) is 5.12. The fraction of sp³-hybridized carbons (Fsp3) is 0.188. The van der Waals surface area contributed by atoms with Gasteiger partial charge in [0.1, 0.15) is 5.69 Å². The number of amidine groups is 1. The lowest BCUT2D eigenvalue weighted by Crippen LogP contribution is -2.33. The molecule has 3 aromatic carbocycles. The number of thioether (sulfide) groups is 1. The van der Waals surface area contributed by atoms with Gasteiger partial charge in [0.25, 0.3) is 11.5 Å². The van der Waals surface area contributed by atoms with E-state index in [1.54, 1.807) is 22.6 Å². The van der Waals surface area contributed by atoms with Crippen LogP contribution in [0.1, 0.15) is 16.8 Å². The van der Waals surface area contributed by atoms with E-state index in [-0.39, 0.29) is 17.2 Å². The number of hydrogen-bond acceptors (Lipinski definition) is 7. The summed E-state index contributed by atoms with van der Waals surface area (Å²) in [5.74, 6) is -0.327. The van der Waals surface area contributed by atoms with Crippen LogP contribution in [0, 0.1) is 6.92 Å². The lowest BCUT2D eigenvalue weighted by atomic mass is 10.2. The Bertz CT molecular complexity index is 1750. The van der Waals surface area contributed by atoms with Gasteiger partial charge in [0.05, 0.1) is 22.5 Å². The van der Waals surface area contributed by atoms with E-state index in [4.69, 9.17) is 0 Å². The van der Waals surface area contributed by atoms with Crippen molar-refractivity contribution in [3.05, 3.63) is 111 Å². The van der Waals surface area contributed by atoms with Gasteiger partial charge < -0.3 is 9.80 Å². The third-order valence-corrected chi connectivity index (χ3v) is 7.98. The van der Waals surface area contributed by atoms with Crippen molar-refractivity contribution < 1.29 is 4.79 Å². The SMILES string of the molecule is Cc1c(N2C(=O)/C(=C\c3ccc(N(C)C)cc3)S/C2=N/N=C\c2ccc(N(C)C)cc2)c(=O)n(-c2ccccc2)n1C. The number of carbonyl (C=O) groups excluding carboxylic acids is 1. The molecule has 4 aromatic rings. The highest BCUT2D eigenvalue weighted by atomic mass is 32.2. The molecular weight excluding hydrogens is 546 g/mol. The average Bonchev–Trinajstić information content (AvgIpc) is 3.39. The Morgan fingerprint density at radius 3 is 1.93 bits per heavy atom. The fourth-order valence-corrected chi connectivity index (χ4v) is 5.50. The maximum atomic E-state index is 13.9. The highest BCUT2D eigenvalue weighted by Gasteiger charge is 2.39. The molecule has 1 saturated heterocycles. The standard InChI is InChI=1S/C32H33N7O2S/c1-22-29(31(41)39(37(22)6)27-10-8-7-9-11-27)38-30(40)28(20-23-12-16-25(17-13-23)35(2)3)42-32(38)34-33-21-24-14-18-26(19-15-24)36(4)5/h7-21H,1-6H3/b28-20+,33-21-,34-32+. The van der Waals surface area contributed by atoms with Crippen molar-refractivity contribution in [1.82, 2.24) is 9.36 Å². The quantitative estimate of drug-likeness (QED) is 0.172. The zero-order valence-corrected chi connectivity index (χ0v) is 25.3. The zero-order valence-electron chi connectivity index (χ0n) is 24.5. The lowest BCUT2D eigenvalue weighted by molar-refractivity contribution is -0.113. The summed E-state index contributed by atoms with van der Waals surface area (Å²) in [7, 11) is 9.72. The highest BCUT2D eigenvalue weighted by Crippen LogP contribution is 2.36. The van der Waals surface area contributed by atoms with Crippen LogP contribution in [-0.4, -0.2) is 54.8 Å². The summed E-state index contributed by atoms with van der Waals surface area (Å²) in [6.45, 7) is 1.82. The van der Waals surface area contributed by atoms with E-state index in [0.29, 0.717) is 21.5 Å². The Morgan fingerprint density at radius 1 is 0.786 bits per heavy atom. The Morgan fingerprint density at radius 2 is 1.36 bits per heavy atom. The molecular formula is C32H33N7O2S. The maximum Gasteiger partial charge on any atom is 0.296 e. The van der Waals surface area contributed by atoms with E-state index >= 15 is 0 Å². The van der Waals surface area contributed by atoms with Gasteiger partial charge in [-0.3, -0.25) is 14.3 Å². The summed E-state index contributed by atoms with van der Waals surface area (Å²) in [5, 5.41) is 9.07. The molecule has 42 heavy (non-hydrogen) atoms. The molecule has 1 aliphatic heterocycles. The Hall–Kier alpha value is -4.83. The fourth-order valence-electron chi connectivity index (χ4n) is 4.57. The van der Waals surface area contributed by atoms with Crippen LogP contribution in [0.25, 0.3) is 11.8 Å². The molecule has 0 spiro atoms. The van der Waals surface area contributed by atoms with Crippen LogP contribution in [0.5, 0.6) is 0 Å². The largest absolute Gasteiger partial charge is 0.378 e. The van der Waals surface area contributed by atoms with Gasteiger partial charge in [0, 0.05) is 46.6 Å². The summed E-state index contributed by atoms with van der Waals surface area (Å²) in [6, 6.07) is 25.2. The van der Waals surface area contributed by atoms with Crippen molar-refractivity contribution in [3.63, 3.8) is 0 Å². The van der Waals surface area contributed by atoms with Gasteiger partial charge in [0.2, 0.25) is 5.17 Å². The molecule has 9 nitrogen and oxygen atoms in total. The molecule has 1 aromatic heterocycles. The lowest BCUT2D eigenvalue weighted by Gasteiger charge is -2.13. The monoisotopic (exact) mass is 579 g/mol. The Kier molecular flexibility index (Phi) is 8.17. The van der Waals surface area contributed by atoms with Gasteiger partial charge in [-0.25, -0.2) is 9.58 Å². The first-order valence-corrected chi connectivity index (χ1v) is 14.2. The number of aromatic nitrogens is 2. The zero-order chi connectivity index (χ0) is 30.0. The second-order valence-electron chi connectivity index (χ2n) is 10.3. The predicted molar refractivity (Wildman–Crippen MR) is 175 cm³/mol. The van der Waals surface area contributed by atoms with Crippen LogP contribution in [-0.2, 0) is 11.8 Å². The van der Waals surface area contributed by atoms with Crippen LogP contribution in [0.2, 0.25) is 0 Å². The minimum atomic E-state index is -0.327. The van der Waals surface area contributed by atoms with E-state index in [1.807, 2.05) is 130 Å². The van der Waals surface area contributed by atoms with Crippen molar-refractivity contribution in [2.45, 2.75) is 6.92 Å². The maximum absolute atomic E-state index is 13.9. The molecule has 0 atom stereocenters. The van der Waals surface area contributed by atoms with E-state index in [0.717, 1.165) is 22.5 Å². The molecule has 2 heterocycles. The van der Waals surface area contributed by atoms with Gasteiger partial charge in [0.15, 0.2) is 0 Å². The smallest absolute Gasteiger partial charge is 0.296 e. The Labute approximate surface area is 249 Å². The number of carbonyl (C=O) groups is 1. The van der Waals surface area contributed by atoms with Gasteiger partial charge in [-0.1, -0.05) is 42.5 Å². The molecule has 0 unspecified atom stereocenters. The van der Waals surface area contributed by atoms with Crippen LogP contribution < -0.4 is 20.3 Å². The molecule has 214 valence electrons. The van der Waals surface area contributed by atoms with Crippen LogP contribution >= 0.6 is 11.8 Å². The van der Waals surface area contributed by atoms with E-state index in [9.17, 15) is 9.59 Å². The summed E-state index contributed by atoms with van der Waals surface area (Å²) in [4.78, 5) is 33.6. The number of benzene rings is 3. The average molecular weight is 580 g/mol. The van der Waals surface area contributed by atoms with Crippen LogP contribution in [0.4, 0.5) is 17.1 Å². The molecule has 10 heteroatoms. The molecule has 0 N–H and O–H groups in total. The van der Waals surface area contributed by atoms with Crippen molar-refractivity contribution in [2.24, 2.45) is 17.3 Å². The van der Waals surface area contributed by atoms with Gasteiger partial charge in [-0.15, -0.1) is 5.10 Å². The number of anilines is 3. The normalized spacial score (nSPS) is 15.4. The first kappa shape index (κ1) is 28.7. The number of rotatable bonds is 7. The third kappa shape index (κ3) is 5.66. The van der Waals surface area contributed by atoms with E-state index in [1.165, 1.54) is 16.7 Å². The van der Waals surface area contributed by atoms with Crippen molar-refractivity contribution in [2.75, 3.05) is 42.9 Å². The first-order chi connectivity index (χ1) is 20.2. The van der Waals surface area contributed by atoms with E-state index < -0.39 is 0 Å². The number of nitrogens with zero attached hydrogens (tertiary/aromatic N) is 7. The summed E-state index contributed by atoms with van der Waals surface area (Å²) < 4.78 is 3.30. The summed E-state index contributed by atoms with van der Waals surface area (Å²) >= 11 is 1.20. The molecule has 5 rings (SSSR count). The minimum Gasteiger partial charge on any atom is -0.378 e. The molecule has 0 bridgehead atoms. The Balaban J connectivity index is 1.57. The minimum absolute atomic E-state index is 0.245. The second-order valence-corrected chi connectivity index (χ2v) is 11.3. The topological polar surface area (TPSA) is 78.4 Å². The molecule has 1 fully saturated rings. The first-order valence-electron chi connectivity index (χ1n) is 13.4. The third-order valence-electron chi connectivity index (χ3n) is 7.02. The highest BCUT2D eigenvalue weighted by molar-refractivity contribution is 8.19. The van der Waals surface area contributed by atoms with Crippen LogP contribution in [0.3, 0.4) is 0 Å². The second kappa shape index (κ2) is 12.0. The van der Waals surface area contributed by atoms with E-state index in [2.05, 4.69) is 10.2 Å². The number of para-hydroxylation sites is 1.